The number of ether oxygens (including phenoxy) is 1. The Bertz CT molecular complexity index is 895. The first-order valence-electron chi connectivity index (χ1n) is 10.1. The number of nitrogens with one attached hydrogen (secondary N) is 1. The van der Waals surface area contributed by atoms with E-state index in [1.807, 2.05) is 38.3 Å². The molecule has 2 amide bonds. The largest absolute Gasteiger partial charge is 0.443 e. The van der Waals surface area contributed by atoms with Crippen molar-refractivity contribution in [2.24, 2.45) is 5.92 Å². The highest BCUT2D eigenvalue weighted by molar-refractivity contribution is 7.13. The van der Waals surface area contributed by atoms with E-state index in [1.54, 1.807) is 25.5 Å². The van der Waals surface area contributed by atoms with E-state index in [2.05, 4.69) is 15.3 Å². The number of anilines is 2. The van der Waals surface area contributed by atoms with Gasteiger partial charge in [-0.2, -0.15) is 0 Å². The van der Waals surface area contributed by atoms with Gasteiger partial charge in [0, 0.05) is 36.0 Å². The number of aromatic nitrogens is 2. The molecule has 2 aromatic rings. The van der Waals surface area contributed by atoms with Crippen molar-refractivity contribution in [3.8, 4) is 0 Å². The van der Waals surface area contributed by atoms with E-state index in [9.17, 15) is 9.59 Å². The molecule has 0 saturated heterocycles. The van der Waals surface area contributed by atoms with Crippen molar-refractivity contribution in [1.82, 2.24) is 9.97 Å². The van der Waals surface area contributed by atoms with E-state index in [1.165, 1.54) is 29.1 Å². The summed E-state index contributed by atoms with van der Waals surface area (Å²) in [4.78, 5) is 35.1. The lowest BCUT2D eigenvalue weighted by molar-refractivity contribution is -0.111. The SMILES string of the molecule is CN(C(=O)OC(C)(C)C)c1ccc(C(=CC2CCCC2)C(=O)Nc2nccs2)cn1. The molecule has 160 valence electrons. The highest BCUT2D eigenvalue weighted by Crippen LogP contribution is 2.30. The number of nitrogens with zero attached hydrogens (tertiary/aromatic N) is 3. The average molecular weight is 429 g/mol. The zero-order chi connectivity index (χ0) is 21.7. The Hall–Kier alpha value is -2.74. The van der Waals surface area contributed by atoms with Gasteiger partial charge in [0.25, 0.3) is 5.91 Å². The summed E-state index contributed by atoms with van der Waals surface area (Å²) in [7, 11) is 1.61. The minimum absolute atomic E-state index is 0.202. The summed E-state index contributed by atoms with van der Waals surface area (Å²) in [5.74, 6) is 0.631. The molecule has 7 nitrogen and oxygen atoms in total. The molecule has 8 heteroatoms. The standard InChI is InChI=1S/C22H28N4O3S/c1-22(2,3)29-21(28)26(4)18-10-9-16(14-24-18)17(13-15-7-5-6-8-15)19(27)25-20-23-11-12-30-20/h9-15H,5-8H2,1-4H3,(H,23,25,27). The summed E-state index contributed by atoms with van der Waals surface area (Å²) in [6, 6.07) is 3.53. The van der Waals surface area contributed by atoms with Crippen LogP contribution in [-0.4, -0.2) is 34.6 Å². The smallest absolute Gasteiger partial charge is 0.415 e. The Morgan fingerprint density at radius 1 is 1.23 bits per heavy atom. The lowest BCUT2D eigenvalue weighted by atomic mass is 9.99. The molecule has 0 atom stereocenters. The zero-order valence-electron chi connectivity index (χ0n) is 17.8. The predicted octanol–water partition coefficient (Wildman–Crippen LogP) is 5.12. The van der Waals surface area contributed by atoms with E-state index in [0.717, 1.165) is 12.8 Å². The van der Waals surface area contributed by atoms with Crippen LogP contribution in [0, 0.1) is 5.92 Å². The van der Waals surface area contributed by atoms with Gasteiger partial charge >= 0.3 is 6.09 Å². The maximum Gasteiger partial charge on any atom is 0.415 e. The molecule has 3 rings (SSSR count). The summed E-state index contributed by atoms with van der Waals surface area (Å²) in [6.07, 6.45) is 9.38. The number of carbonyl (C=O) groups excluding carboxylic acids is 2. The Balaban J connectivity index is 1.81. The Morgan fingerprint density at radius 2 is 1.97 bits per heavy atom. The summed E-state index contributed by atoms with van der Waals surface area (Å²) >= 11 is 1.38. The molecular weight excluding hydrogens is 400 g/mol. The van der Waals surface area contributed by atoms with Crippen LogP contribution in [0.4, 0.5) is 15.7 Å². The minimum atomic E-state index is -0.587. The molecular formula is C22H28N4O3S. The second-order valence-corrected chi connectivity index (χ2v) is 9.26. The van der Waals surface area contributed by atoms with Crippen LogP contribution < -0.4 is 10.2 Å². The van der Waals surface area contributed by atoms with Crippen LogP contribution in [0.15, 0.2) is 36.0 Å². The van der Waals surface area contributed by atoms with E-state index in [0.29, 0.717) is 28.0 Å². The van der Waals surface area contributed by atoms with E-state index in [-0.39, 0.29) is 5.91 Å². The molecule has 1 aliphatic carbocycles. The monoisotopic (exact) mass is 428 g/mol. The van der Waals surface area contributed by atoms with Crippen molar-refractivity contribution in [2.45, 2.75) is 52.1 Å². The number of amides is 2. The van der Waals surface area contributed by atoms with E-state index < -0.39 is 11.7 Å². The quantitative estimate of drug-likeness (QED) is 0.668. The molecule has 0 spiro atoms. The number of rotatable bonds is 5. The highest BCUT2D eigenvalue weighted by atomic mass is 32.1. The van der Waals surface area contributed by atoms with Gasteiger partial charge in [-0.25, -0.2) is 14.8 Å². The summed E-state index contributed by atoms with van der Waals surface area (Å²) in [6.45, 7) is 5.45. The second-order valence-electron chi connectivity index (χ2n) is 8.36. The summed E-state index contributed by atoms with van der Waals surface area (Å²) in [5.41, 5.74) is 0.699. The highest BCUT2D eigenvalue weighted by Gasteiger charge is 2.23. The maximum absolute atomic E-state index is 13.0. The molecule has 0 bridgehead atoms. The number of carbonyl (C=O) groups is 2. The van der Waals surface area contributed by atoms with Crippen molar-refractivity contribution in [3.63, 3.8) is 0 Å². The first kappa shape index (κ1) is 22.0. The van der Waals surface area contributed by atoms with Crippen molar-refractivity contribution < 1.29 is 14.3 Å². The molecule has 30 heavy (non-hydrogen) atoms. The maximum atomic E-state index is 13.0. The van der Waals surface area contributed by atoms with Gasteiger partial charge in [0.15, 0.2) is 5.13 Å². The van der Waals surface area contributed by atoms with Gasteiger partial charge in [-0.05, 0) is 51.7 Å². The summed E-state index contributed by atoms with van der Waals surface area (Å²) in [5, 5.41) is 5.24. The molecule has 1 N–H and O–H groups in total. The molecule has 1 saturated carbocycles. The topological polar surface area (TPSA) is 84.4 Å². The first-order chi connectivity index (χ1) is 14.2. The van der Waals surface area contributed by atoms with E-state index >= 15 is 0 Å². The van der Waals surface area contributed by atoms with Crippen molar-refractivity contribution >= 4 is 39.9 Å². The molecule has 0 aliphatic heterocycles. The van der Waals surface area contributed by atoms with Gasteiger partial charge in [0.05, 0.1) is 0 Å². The van der Waals surface area contributed by atoms with Crippen molar-refractivity contribution in [3.05, 3.63) is 41.5 Å². The molecule has 1 fully saturated rings. The summed E-state index contributed by atoms with van der Waals surface area (Å²) < 4.78 is 5.38. The molecule has 2 aromatic heterocycles. The normalized spacial score (nSPS) is 15.1. The molecule has 0 radical (unpaired) electrons. The van der Waals surface area contributed by atoms with Crippen LogP contribution in [0.25, 0.3) is 5.57 Å². The Labute approximate surface area is 181 Å². The van der Waals surface area contributed by atoms with Crippen LogP contribution in [0.5, 0.6) is 0 Å². The number of pyridine rings is 1. The molecule has 0 aromatic carbocycles. The number of hydrogen-bond acceptors (Lipinski definition) is 6. The minimum Gasteiger partial charge on any atom is -0.443 e. The zero-order valence-corrected chi connectivity index (χ0v) is 18.7. The third-order valence-electron chi connectivity index (χ3n) is 4.77. The van der Waals surface area contributed by atoms with Crippen LogP contribution in [0.1, 0.15) is 52.0 Å². The lowest BCUT2D eigenvalue weighted by Gasteiger charge is -2.24. The van der Waals surface area contributed by atoms with Crippen molar-refractivity contribution in [1.29, 1.82) is 0 Å². The van der Waals surface area contributed by atoms with Gasteiger partial charge in [0.2, 0.25) is 0 Å². The fourth-order valence-electron chi connectivity index (χ4n) is 3.28. The average Bonchev–Trinajstić information content (AvgIpc) is 3.38. The fourth-order valence-corrected chi connectivity index (χ4v) is 3.80. The van der Waals surface area contributed by atoms with Gasteiger partial charge < -0.3 is 4.74 Å². The lowest BCUT2D eigenvalue weighted by Crippen LogP contribution is -2.34. The van der Waals surface area contributed by atoms with Gasteiger partial charge in [0.1, 0.15) is 11.4 Å². The third kappa shape index (κ3) is 5.89. The van der Waals surface area contributed by atoms with E-state index in [4.69, 9.17) is 4.74 Å². The number of thiazole rings is 1. The molecule has 1 aliphatic rings. The van der Waals surface area contributed by atoms with Crippen LogP contribution in [0.2, 0.25) is 0 Å². The van der Waals surface area contributed by atoms with Gasteiger partial charge in [-0.1, -0.05) is 18.9 Å². The van der Waals surface area contributed by atoms with Gasteiger partial charge in [-0.15, -0.1) is 11.3 Å². The van der Waals surface area contributed by atoms with Crippen LogP contribution >= 0.6 is 11.3 Å². The fraction of sp³-hybridized carbons (Fsp3) is 0.455. The predicted molar refractivity (Wildman–Crippen MR) is 120 cm³/mol. The number of hydrogen-bond donors (Lipinski definition) is 1. The molecule has 2 heterocycles. The van der Waals surface area contributed by atoms with Gasteiger partial charge in [-0.3, -0.25) is 15.0 Å². The first-order valence-corrected chi connectivity index (χ1v) is 11.0. The van der Waals surface area contributed by atoms with Crippen molar-refractivity contribution in [2.75, 3.05) is 17.3 Å². The molecule has 0 unspecified atom stereocenters. The van der Waals surface area contributed by atoms with Crippen LogP contribution in [0.3, 0.4) is 0 Å². The Morgan fingerprint density at radius 3 is 2.53 bits per heavy atom. The number of allylic oxidation sites excluding steroid dienone is 1. The second kappa shape index (κ2) is 9.38. The Kier molecular flexibility index (Phi) is 6.87. The third-order valence-corrected chi connectivity index (χ3v) is 5.46. The van der Waals surface area contributed by atoms with Crippen LogP contribution in [-0.2, 0) is 9.53 Å².